The molecule has 114 valence electrons. The maximum Gasteiger partial charge on any atom is 0.224 e. The fraction of sp³-hybridized carbons (Fsp3) is 0.533. The van der Waals surface area contributed by atoms with Crippen molar-refractivity contribution in [3.8, 4) is 0 Å². The molecule has 21 heavy (non-hydrogen) atoms. The van der Waals surface area contributed by atoms with Gasteiger partial charge in [0.25, 0.3) is 0 Å². The van der Waals surface area contributed by atoms with Crippen molar-refractivity contribution < 1.29 is 4.79 Å². The molecule has 0 aliphatic heterocycles. The highest BCUT2D eigenvalue weighted by molar-refractivity contribution is 5.93. The van der Waals surface area contributed by atoms with Crippen molar-refractivity contribution in [3.05, 3.63) is 18.0 Å². The summed E-state index contributed by atoms with van der Waals surface area (Å²) in [4.78, 5) is 16.2. The Bertz CT molecular complexity index is 632. The van der Waals surface area contributed by atoms with E-state index in [1.54, 1.807) is 10.9 Å². The summed E-state index contributed by atoms with van der Waals surface area (Å²) in [6.07, 6.45) is 3.00. The smallest absolute Gasteiger partial charge is 0.224 e. The molecule has 0 saturated carbocycles. The first-order valence-corrected chi connectivity index (χ1v) is 7.30. The third-order valence-corrected chi connectivity index (χ3v) is 3.28. The van der Waals surface area contributed by atoms with E-state index >= 15 is 0 Å². The molecule has 2 aromatic rings. The number of nitrogens with one attached hydrogen (secondary N) is 2. The molecule has 0 aliphatic carbocycles. The second kappa shape index (κ2) is 6.67. The second-order valence-electron chi connectivity index (χ2n) is 5.56. The van der Waals surface area contributed by atoms with Crippen molar-refractivity contribution in [1.29, 1.82) is 0 Å². The lowest BCUT2D eigenvalue weighted by Gasteiger charge is -2.08. The van der Waals surface area contributed by atoms with Crippen LogP contribution in [0.2, 0.25) is 0 Å². The average molecular weight is 289 g/mol. The SMILES string of the molecule is Cc1nn(C)c2ncc(NC(=O)CCCNC(C)C)cc12. The first kappa shape index (κ1) is 15.4. The molecule has 0 radical (unpaired) electrons. The van der Waals surface area contributed by atoms with Gasteiger partial charge in [0.2, 0.25) is 5.91 Å². The van der Waals surface area contributed by atoms with Crippen LogP contribution in [0.1, 0.15) is 32.4 Å². The molecule has 0 saturated heterocycles. The minimum atomic E-state index is 0.0169. The number of rotatable bonds is 6. The number of nitrogens with zero attached hydrogens (tertiary/aromatic N) is 3. The Morgan fingerprint density at radius 2 is 2.19 bits per heavy atom. The number of hydrogen-bond donors (Lipinski definition) is 2. The van der Waals surface area contributed by atoms with Gasteiger partial charge < -0.3 is 10.6 Å². The summed E-state index contributed by atoms with van der Waals surface area (Å²) >= 11 is 0. The summed E-state index contributed by atoms with van der Waals surface area (Å²) in [5.74, 6) is 0.0169. The van der Waals surface area contributed by atoms with Gasteiger partial charge in [0.05, 0.1) is 17.6 Å². The molecule has 0 aliphatic rings. The lowest BCUT2D eigenvalue weighted by atomic mass is 10.2. The Balaban J connectivity index is 1.93. The molecular formula is C15H23N5O. The van der Waals surface area contributed by atoms with E-state index in [0.29, 0.717) is 12.5 Å². The standard InChI is InChI=1S/C15H23N5O/c1-10(2)16-7-5-6-14(21)18-12-8-13-11(3)19-20(4)15(13)17-9-12/h8-10,16H,5-7H2,1-4H3,(H,18,21). The van der Waals surface area contributed by atoms with Gasteiger partial charge in [0.15, 0.2) is 5.65 Å². The molecule has 2 N–H and O–H groups in total. The highest BCUT2D eigenvalue weighted by atomic mass is 16.1. The Labute approximate surface area is 124 Å². The monoisotopic (exact) mass is 289 g/mol. The van der Waals surface area contributed by atoms with E-state index in [0.717, 1.165) is 35.4 Å². The van der Waals surface area contributed by atoms with Crippen LogP contribution in [0.15, 0.2) is 12.3 Å². The highest BCUT2D eigenvalue weighted by Crippen LogP contribution is 2.19. The summed E-state index contributed by atoms with van der Waals surface area (Å²) < 4.78 is 1.74. The maximum absolute atomic E-state index is 11.9. The van der Waals surface area contributed by atoms with Gasteiger partial charge in [-0.05, 0) is 26.0 Å². The van der Waals surface area contributed by atoms with Crippen LogP contribution in [0.25, 0.3) is 11.0 Å². The molecule has 0 aromatic carbocycles. The van der Waals surface area contributed by atoms with E-state index in [-0.39, 0.29) is 5.91 Å². The normalized spacial score (nSPS) is 11.3. The number of aryl methyl sites for hydroxylation is 2. The van der Waals surface area contributed by atoms with Gasteiger partial charge in [-0.1, -0.05) is 13.8 Å². The van der Waals surface area contributed by atoms with Gasteiger partial charge in [0, 0.05) is 24.9 Å². The molecular weight excluding hydrogens is 266 g/mol. The number of carbonyl (C=O) groups excluding carboxylic acids is 1. The maximum atomic E-state index is 11.9. The van der Waals surface area contributed by atoms with Crippen molar-refractivity contribution in [2.24, 2.45) is 7.05 Å². The topological polar surface area (TPSA) is 71.8 Å². The Kier molecular flexibility index (Phi) is 4.90. The molecule has 6 heteroatoms. The van der Waals surface area contributed by atoms with Gasteiger partial charge >= 0.3 is 0 Å². The zero-order chi connectivity index (χ0) is 15.4. The van der Waals surface area contributed by atoms with E-state index in [2.05, 4.69) is 34.6 Å². The highest BCUT2D eigenvalue weighted by Gasteiger charge is 2.08. The second-order valence-corrected chi connectivity index (χ2v) is 5.56. The largest absolute Gasteiger partial charge is 0.325 e. The van der Waals surface area contributed by atoms with E-state index in [9.17, 15) is 4.79 Å². The fourth-order valence-corrected chi connectivity index (χ4v) is 2.24. The Morgan fingerprint density at radius 1 is 1.43 bits per heavy atom. The summed E-state index contributed by atoms with van der Waals surface area (Å²) in [5, 5.41) is 11.5. The molecule has 0 spiro atoms. The van der Waals surface area contributed by atoms with Crippen LogP contribution in [0.5, 0.6) is 0 Å². The number of anilines is 1. The van der Waals surface area contributed by atoms with Crippen molar-refractivity contribution in [3.63, 3.8) is 0 Å². The third kappa shape index (κ3) is 4.01. The van der Waals surface area contributed by atoms with Crippen molar-refractivity contribution >= 4 is 22.6 Å². The van der Waals surface area contributed by atoms with Gasteiger partial charge in [0.1, 0.15) is 0 Å². The zero-order valence-electron chi connectivity index (χ0n) is 13.1. The van der Waals surface area contributed by atoms with E-state index in [4.69, 9.17) is 0 Å². The number of hydrogen-bond acceptors (Lipinski definition) is 4. The molecule has 2 aromatic heterocycles. The molecule has 2 heterocycles. The molecule has 6 nitrogen and oxygen atoms in total. The predicted molar refractivity (Wildman–Crippen MR) is 84.2 cm³/mol. The summed E-state index contributed by atoms with van der Waals surface area (Å²) in [6.45, 7) is 6.98. The molecule has 0 bridgehead atoms. The van der Waals surface area contributed by atoms with Crippen LogP contribution < -0.4 is 10.6 Å². The number of carbonyl (C=O) groups is 1. The van der Waals surface area contributed by atoms with E-state index < -0.39 is 0 Å². The van der Waals surface area contributed by atoms with Gasteiger partial charge in [-0.3, -0.25) is 9.48 Å². The van der Waals surface area contributed by atoms with E-state index in [1.807, 2.05) is 20.0 Å². The predicted octanol–water partition coefficient (Wildman–Crippen LogP) is 1.99. The first-order valence-electron chi connectivity index (χ1n) is 7.30. The molecule has 2 rings (SSSR count). The van der Waals surface area contributed by atoms with Crippen LogP contribution in [0.4, 0.5) is 5.69 Å². The Hall–Kier alpha value is -1.95. The molecule has 0 fully saturated rings. The molecule has 0 unspecified atom stereocenters. The summed E-state index contributed by atoms with van der Waals surface area (Å²) in [5.41, 5.74) is 2.46. The number of fused-ring (bicyclic) bond motifs is 1. The Morgan fingerprint density at radius 3 is 2.90 bits per heavy atom. The zero-order valence-corrected chi connectivity index (χ0v) is 13.1. The summed E-state index contributed by atoms with van der Waals surface area (Å²) in [6, 6.07) is 2.38. The lowest BCUT2D eigenvalue weighted by Crippen LogP contribution is -2.24. The van der Waals surface area contributed by atoms with Crippen molar-refractivity contribution in [2.45, 2.75) is 39.7 Å². The van der Waals surface area contributed by atoms with Gasteiger partial charge in [-0.2, -0.15) is 5.10 Å². The minimum absolute atomic E-state index is 0.0169. The van der Waals surface area contributed by atoms with Crippen molar-refractivity contribution in [1.82, 2.24) is 20.1 Å². The van der Waals surface area contributed by atoms with Crippen molar-refractivity contribution in [2.75, 3.05) is 11.9 Å². The van der Waals surface area contributed by atoms with E-state index in [1.165, 1.54) is 0 Å². The molecule has 1 amide bonds. The van der Waals surface area contributed by atoms with Crippen LogP contribution in [0.3, 0.4) is 0 Å². The minimum Gasteiger partial charge on any atom is -0.325 e. The van der Waals surface area contributed by atoms with Crippen LogP contribution in [-0.2, 0) is 11.8 Å². The van der Waals surface area contributed by atoms with Crippen LogP contribution >= 0.6 is 0 Å². The quantitative estimate of drug-likeness (QED) is 0.798. The average Bonchev–Trinajstić information content (AvgIpc) is 2.70. The number of aromatic nitrogens is 3. The van der Waals surface area contributed by atoms with Gasteiger partial charge in [-0.15, -0.1) is 0 Å². The first-order chi connectivity index (χ1) is 9.97. The third-order valence-electron chi connectivity index (χ3n) is 3.28. The fourth-order valence-electron chi connectivity index (χ4n) is 2.24. The number of amides is 1. The van der Waals surface area contributed by atoms with Crippen LogP contribution in [-0.4, -0.2) is 33.3 Å². The lowest BCUT2D eigenvalue weighted by molar-refractivity contribution is -0.116. The molecule has 0 atom stereocenters. The van der Waals surface area contributed by atoms with Crippen LogP contribution in [0, 0.1) is 6.92 Å². The number of pyridine rings is 1. The van der Waals surface area contributed by atoms with Gasteiger partial charge in [-0.25, -0.2) is 4.98 Å². The summed E-state index contributed by atoms with van der Waals surface area (Å²) in [7, 11) is 1.86.